The van der Waals surface area contributed by atoms with Gasteiger partial charge in [0, 0.05) is 31.1 Å². The Morgan fingerprint density at radius 3 is 2.70 bits per heavy atom. The SMILES string of the molecule is Cc1cc2c(N3CCN(C(=O)CCOc4ccccc4)CC3)ncnc2s1. The molecule has 1 fully saturated rings. The van der Waals surface area contributed by atoms with Crippen LogP contribution in [0.4, 0.5) is 5.82 Å². The topological polar surface area (TPSA) is 58.6 Å². The van der Waals surface area contributed by atoms with Crippen LogP contribution in [0.15, 0.2) is 42.7 Å². The highest BCUT2D eigenvalue weighted by atomic mass is 32.1. The number of carbonyl (C=O) groups excluding carboxylic acids is 1. The van der Waals surface area contributed by atoms with Crippen molar-refractivity contribution in [3.05, 3.63) is 47.6 Å². The molecule has 2 aromatic heterocycles. The molecule has 1 amide bonds. The molecule has 7 heteroatoms. The number of carbonyl (C=O) groups is 1. The van der Waals surface area contributed by atoms with Gasteiger partial charge in [-0.15, -0.1) is 11.3 Å². The molecule has 27 heavy (non-hydrogen) atoms. The number of benzene rings is 1. The first kappa shape index (κ1) is 17.7. The summed E-state index contributed by atoms with van der Waals surface area (Å²) in [7, 11) is 0. The zero-order chi connectivity index (χ0) is 18.6. The Morgan fingerprint density at radius 1 is 1.15 bits per heavy atom. The number of nitrogens with zero attached hydrogens (tertiary/aromatic N) is 4. The van der Waals surface area contributed by atoms with E-state index in [0.29, 0.717) is 26.1 Å². The van der Waals surface area contributed by atoms with Gasteiger partial charge >= 0.3 is 0 Å². The normalized spacial score (nSPS) is 14.6. The first-order chi connectivity index (χ1) is 13.2. The molecule has 1 aromatic carbocycles. The van der Waals surface area contributed by atoms with Crippen LogP contribution in [-0.2, 0) is 4.79 Å². The molecule has 6 nitrogen and oxygen atoms in total. The minimum Gasteiger partial charge on any atom is -0.493 e. The summed E-state index contributed by atoms with van der Waals surface area (Å²) in [6, 6.07) is 11.7. The lowest BCUT2D eigenvalue weighted by Gasteiger charge is -2.35. The summed E-state index contributed by atoms with van der Waals surface area (Å²) in [5.41, 5.74) is 0. The first-order valence-corrected chi connectivity index (χ1v) is 9.94. The second kappa shape index (κ2) is 7.92. The van der Waals surface area contributed by atoms with Gasteiger partial charge in [-0.1, -0.05) is 18.2 Å². The smallest absolute Gasteiger partial charge is 0.226 e. The van der Waals surface area contributed by atoms with Crippen molar-refractivity contribution in [1.82, 2.24) is 14.9 Å². The lowest BCUT2D eigenvalue weighted by atomic mass is 10.2. The third-order valence-corrected chi connectivity index (χ3v) is 5.65. The second-order valence-corrected chi connectivity index (χ2v) is 7.79. The number of hydrogen-bond acceptors (Lipinski definition) is 6. The minimum absolute atomic E-state index is 0.143. The molecule has 1 aliphatic rings. The number of ether oxygens (including phenoxy) is 1. The van der Waals surface area contributed by atoms with Crippen molar-refractivity contribution in [1.29, 1.82) is 0 Å². The Balaban J connectivity index is 1.31. The molecule has 0 N–H and O–H groups in total. The number of anilines is 1. The quantitative estimate of drug-likeness (QED) is 0.679. The number of aryl methyl sites for hydroxylation is 1. The third kappa shape index (κ3) is 4.03. The maximum Gasteiger partial charge on any atom is 0.226 e. The van der Waals surface area contributed by atoms with E-state index in [1.54, 1.807) is 17.7 Å². The number of piperazine rings is 1. The van der Waals surface area contributed by atoms with Crippen molar-refractivity contribution in [2.75, 3.05) is 37.7 Å². The molecule has 0 bridgehead atoms. The van der Waals surface area contributed by atoms with Crippen molar-refractivity contribution >= 4 is 33.3 Å². The van der Waals surface area contributed by atoms with E-state index in [1.807, 2.05) is 35.2 Å². The molecule has 140 valence electrons. The molecule has 0 atom stereocenters. The van der Waals surface area contributed by atoms with E-state index in [1.165, 1.54) is 4.88 Å². The Morgan fingerprint density at radius 2 is 1.93 bits per heavy atom. The number of para-hydroxylation sites is 1. The average Bonchev–Trinajstić information content (AvgIpc) is 3.09. The molecular formula is C20H22N4O2S. The van der Waals surface area contributed by atoms with Crippen molar-refractivity contribution in [3.63, 3.8) is 0 Å². The van der Waals surface area contributed by atoms with Gasteiger partial charge in [0.1, 0.15) is 22.7 Å². The highest BCUT2D eigenvalue weighted by molar-refractivity contribution is 7.18. The van der Waals surface area contributed by atoms with Crippen LogP contribution >= 0.6 is 11.3 Å². The predicted molar refractivity (Wildman–Crippen MR) is 107 cm³/mol. The Labute approximate surface area is 162 Å². The fourth-order valence-corrected chi connectivity index (χ4v) is 4.16. The van der Waals surface area contributed by atoms with Crippen molar-refractivity contribution in [2.24, 2.45) is 0 Å². The van der Waals surface area contributed by atoms with E-state index in [0.717, 1.165) is 34.9 Å². The van der Waals surface area contributed by atoms with Crippen molar-refractivity contribution < 1.29 is 9.53 Å². The molecular weight excluding hydrogens is 360 g/mol. The van der Waals surface area contributed by atoms with Crippen LogP contribution in [0.5, 0.6) is 5.75 Å². The Kier molecular flexibility index (Phi) is 5.20. The van der Waals surface area contributed by atoms with Crippen LogP contribution in [0.3, 0.4) is 0 Å². The zero-order valence-corrected chi connectivity index (χ0v) is 16.1. The molecule has 1 saturated heterocycles. The van der Waals surface area contributed by atoms with Crippen LogP contribution in [0, 0.1) is 6.92 Å². The van der Waals surface area contributed by atoms with Gasteiger partial charge in [0.05, 0.1) is 18.4 Å². The summed E-state index contributed by atoms with van der Waals surface area (Å²) in [4.78, 5) is 27.7. The molecule has 0 unspecified atom stereocenters. The number of aromatic nitrogens is 2. The van der Waals surface area contributed by atoms with E-state index >= 15 is 0 Å². The van der Waals surface area contributed by atoms with Crippen LogP contribution in [0.25, 0.3) is 10.2 Å². The molecule has 4 rings (SSSR count). The summed E-state index contributed by atoms with van der Waals surface area (Å²) >= 11 is 1.69. The molecule has 0 saturated carbocycles. The van der Waals surface area contributed by atoms with Crippen molar-refractivity contribution in [3.8, 4) is 5.75 Å². The highest BCUT2D eigenvalue weighted by Crippen LogP contribution is 2.30. The highest BCUT2D eigenvalue weighted by Gasteiger charge is 2.23. The largest absolute Gasteiger partial charge is 0.493 e. The van der Waals surface area contributed by atoms with Gasteiger partial charge in [-0.05, 0) is 25.1 Å². The number of hydrogen-bond donors (Lipinski definition) is 0. The van der Waals surface area contributed by atoms with E-state index in [2.05, 4.69) is 27.9 Å². The van der Waals surface area contributed by atoms with Crippen LogP contribution < -0.4 is 9.64 Å². The predicted octanol–water partition coefficient (Wildman–Crippen LogP) is 3.12. The number of fused-ring (bicyclic) bond motifs is 1. The van der Waals surface area contributed by atoms with Gasteiger partial charge in [-0.3, -0.25) is 4.79 Å². The van der Waals surface area contributed by atoms with Gasteiger partial charge in [0.2, 0.25) is 5.91 Å². The summed E-state index contributed by atoms with van der Waals surface area (Å²) in [5.74, 6) is 1.92. The van der Waals surface area contributed by atoms with Crippen LogP contribution in [0.2, 0.25) is 0 Å². The number of thiophene rings is 1. The molecule has 0 spiro atoms. The number of rotatable bonds is 5. The summed E-state index contributed by atoms with van der Waals surface area (Å²) in [5, 5.41) is 1.11. The van der Waals surface area contributed by atoms with Gasteiger partial charge in [0.25, 0.3) is 0 Å². The summed E-state index contributed by atoms with van der Waals surface area (Å²) in [6.45, 7) is 5.48. The van der Waals surface area contributed by atoms with Crippen LogP contribution in [0.1, 0.15) is 11.3 Å². The monoisotopic (exact) mass is 382 g/mol. The fraction of sp³-hybridized carbons (Fsp3) is 0.350. The lowest BCUT2D eigenvalue weighted by molar-refractivity contribution is -0.132. The van der Waals surface area contributed by atoms with Gasteiger partial charge in [0.15, 0.2) is 0 Å². The van der Waals surface area contributed by atoms with E-state index in [-0.39, 0.29) is 5.91 Å². The maximum atomic E-state index is 12.5. The van der Waals surface area contributed by atoms with Gasteiger partial charge < -0.3 is 14.5 Å². The molecule has 3 aromatic rings. The molecule has 3 heterocycles. The second-order valence-electron chi connectivity index (χ2n) is 6.55. The van der Waals surface area contributed by atoms with E-state index < -0.39 is 0 Å². The van der Waals surface area contributed by atoms with E-state index in [4.69, 9.17) is 4.74 Å². The Bertz CT molecular complexity index is 920. The number of amides is 1. The fourth-order valence-electron chi connectivity index (χ4n) is 3.31. The standard InChI is InChI=1S/C20H22N4O2S/c1-15-13-17-19(21-14-22-20(17)27-15)24-10-8-23(9-11-24)18(25)7-12-26-16-5-3-2-4-6-16/h2-6,13-14H,7-12H2,1H3. The van der Waals surface area contributed by atoms with Crippen molar-refractivity contribution in [2.45, 2.75) is 13.3 Å². The average molecular weight is 382 g/mol. The maximum absolute atomic E-state index is 12.5. The first-order valence-electron chi connectivity index (χ1n) is 9.12. The minimum atomic E-state index is 0.143. The molecule has 1 aliphatic heterocycles. The Hall–Kier alpha value is -2.67. The van der Waals surface area contributed by atoms with Crippen LogP contribution in [-0.4, -0.2) is 53.6 Å². The molecule has 0 aliphatic carbocycles. The molecule has 0 radical (unpaired) electrons. The zero-order valence-electron chi connectivity index (χ0n) is 15.3. The summed E-state index contributed by atoms with van der Waals surface area (Å²) in [6.07, 6.45) is 2.03. The third-order valence-electron chi connectivity index (χ3n) is 4.69. The van der Waals surface area contributed by atoms with Gasteiger partial charge in [-0.2, -0.15) is 0 Å². The van der Waals surface area contributed by atoms with Gasteiger partial charge in [-0.25, -0.2) is 9.97 Å². The lowest BCUT2D eigenvalue weighted by Crippen LogP contribution is -2.49. The summed E-state index contributed by atoms with van der Waals surface area (Å²) < 4.78 is 5.63. The van der Waals surface area contributed by atoms with E-state index in [9.17, 15) is 4.79 Å².